The van der Waals surface area contributed by atoms with Crippen LogP contribution in [0.15, 0.2) is 18.8 Å². The number of ether oxygens (including phenoxy) is 1. The van der Waals surface area contributed by atoms with E-state index in [1.165, 1.54) is 11.3 Å². The Balaban J connectivity index is 2.14. The highest BCUT2D eigenvalue weighted by Gasteiger charge is 2.17. The van der Waals surface area contributed by atoms with Crippen molar-refractivity contribution in [1.82, 2.24) is 10.1 Å². The van der Waals surface area contributed by atoms with E-state index < -0.39 is 0 Å². The van der Waals surface area contributed by atoms with E-state index in [2.05, 4.69) is 42.0 Å². The summed E-state index contributed by atoms with van der Waals surface area (Å²) in [7, 11) is 0. The molecule has 0 aliphatic rings. The molecular formula is C10H11Br2N3O2S. The van der Waals surface area contributed by atoms with Crippen LogP contribution in [0.3, 0.4) is 0 Å². The van der Waals surface area contributed by atoms with Crippen LogP contribution in [0.5, 0.6) is 0 Å². The lowest BCUT2D eigenvalue weighted by atomic mass is 10.3. The van der Waals surface area contributed by atoms with E-state index >= 15 is 0 Å². The fourth-order valence-electron chi connectivity index (χ4n) is 1.26. The van der Waals surface area contributed by atoms with Crippen molar-refractivity contribution in [3.63, 3.8) is 0 Å². The van der Waals surface area contributed by atoms with E-state index in [1.807, 2.05) is 13.0 Å². The van der Waals surface area contributed by atoms with E-state index in [1.54, 1.807) is 0 Å². The molecule has 98 valence electrons. The fourth-order valence-corrected chi connectivity index (χ4v) is 3.21. The number of rotatable bonds is 5. The Morgan fingerprint density at radius 3 is 2.94 bits per heavy atom. The van der Waals surface area contributed by atoms with Gasteiger partial charge in [-0.3, -0.25) is 0 Å². The summed E-state index contributed by atoms with van der Waals surface area (Å²) in [5.41, 5.74) is 5.88. The highest BCUT2D eigenvalue weighted by Crippen LogP contribution is 2.37. The molecular weight excluding hydrogens is 386 g/mol. The van der Waals surface area contributed by atoms with Crippen molar-refractivity contribution in [1.29, 1.82) is 0 Å². The number of hydrogen-bond acceptors (Lipinski definition) is 6. The Labute approximate surface area is 125 Å². The molecule has 2 rings (SSSR count). The first-order valence-electron chi connectivity index (χ1n) is 5.24. The van der Waals surface area contributed by atoms with Crippen LogP contribution in [-0.4, -0.2) is 23.4 Å². The van der Waals surface area contributed by atoms with Gasteiger partial charge in [0.2, 0.25) is 0 Å². The number of thiophene rings is 1. The molecule has 0 saturated heterocycles. The largest absolute Gasteiger partial charge is 0.380 e. The van der Waals surface area contributed by atoms with Crippen LogP contribution in [0.25, 0.3) is 10.8 Å². The summed E-state index contributed by atoms with van der Waals surface area (Å²) in [5.74, 6) is 0.924. The lowest BCUT2D eigenvalue weighted by Gasteiger charge is -2.05. The topological polar surface area (TPSA) is 74.2 Å². The first-order chi connectivity index (χ1) is 8.61. The SMILES string of the molecule is CCOCC(N)c1noc(-c2cc(Br)c(Br)s2)n1. The first-order valence-corrected chi connectivity index (χ1v) is 7.64. The zero-order valence-corrected chi connectivity index (χ0v) is 13.5. The van der Waals surface area contributed by atoms with Gasteiger partial charge in [-0.15, -0.1) is 11.3 Å². The van der Waals surface area contributed by atoms with Gasteiger partial charge in [0.05, 0.1) is 21.3 Å². The first kappa shape index (κ1) is 14.1. The average molecular weight is 397 g/mol. The van der Waals surface area contributed by atoms with Gasteiger partial charge in [0.25, 0.3) is 5.89 Å². The van der Waals surface area contributed by atoms with E-state index in [-0.39, 0.29) is 6.04 Å². The predicted octanol–water partition coefficient (Wildman–Crippen LogP) is 3.36. The van der Waals surface area contributed by atoms with E-state index in [0.717, 1.165) is 13.1 Å². The van der Waals surface area contributed by atoms with Gasteiger partial charge >= 0.3 is 0 Å². The molecule has 2 heterocycles. The highest BCUT2D eigenvalue weighted by atomic mass is 79.9. The van der Waals surface area contributed by atoms with Crippen LogP contribution in [0.1, 0.15) is 18.8 Å². The van der Waals surface area contributed by atoms with Crippen LogP contribution < -0.4 is 5.73 Å². The third-order valence-corrected chi connectivity index (χ3v) is 5.38. The molecule has 0 spiro atoms. The van der Waals surface area contributed by atoms with Gasteiger partial charge < -0.3 is 15.0 Å². The standard InChI is InChI=1S/C10H11Br2N3O2S/c1-2-16-4-6(13)9-14-10(17-15-9)7-3-5(11)8(12)18-7/h3,6H,2,4,13H2,1H3. The van der Waals surface area contributed by atoms with Gasteiger partial charge in [0.15, 0.2) is 5.82 Å². The molecule has 8 heteroatoms. The van der Waals surface area contributed by atoms with Crippen LogP contribution in [0, 0.1) is 0 Å². The molecule has 1 unspecified atom stereocenters. The molecule has 0 aliphatic carbocycles. The Kier molecular flexibility index (Phi) is 4.91. The van der Waals surface area contributed by atoms with Crippen LogP contribution in [0.4, 0.5) is 0 Å². The molecule has 0 saturated carbocycles. The molecule has 2 aromatic heterocycles. The van der Waals surface area contributed by atoms with Crippen LogP contribution in [-0.2, 0) is 4.74 Å². The fraction of sp³-hybridized carbons (Fsp3) is 0.400. The molecule has 2 N–H and O–H groups in total. The maximum absolute atomic E-state index is 5.88. The second-order valence-corrected chi connectivity index (χ2v) is 6.68. The minimum Gasteiger partial charge on any atom is -0.380 e. The van der Waals surface area contributed by atoms with Crippen molar-refractivity contribution in [3.8, 4) is 10.8 Å². The average Bonchev–Trinajstić information content (AvgIpc) is 2.94. The van der Waals surface area contributed by atoms with Crippen molar-refractivity contribution in [2.24, 2.45) is 5.73 Å². The number of nitrogens with two attached hydrogens (primary N) is 1. The third kappa shape index (κ3) is 3.18. The minimum atomic E-state index is -0.366. The normalized spacial score (nSPS) is 12.9. The predicted molar refractivity (Wildman–Crippen MR) is 76.4 cm³/mol. The maximum atomic E-state index is 5.88. The van der Waals surface area contributed by atoms with Crippen molar-refractivity contribution >= 4 is 43.2 Å². The Hall–Kier alpha value is -0.280. The molecule has 5 nitrogen and oxygen atoms in total. The van der Waals surface area contributed by atoms with Gasteiger partial charge in [-0.25, -0.2) is 0 Å². The van der Waals surface area contributed by atoms with Crippen LogP contribution in [0.2, 0.25) is 0 Å². The smallest absolute Gasteiger partial charge is 0.268 e. The van der Waals surface area contributed by atoms with Gasteiger partial charge in [-0.05, 0) is 44.8 Å². The van der Waals surface area contributed by atoms with Gasteiger partial charge in [0.1, 0.15) is 0 Å². The van der Waals surface area contributed by atoms with Gasteiger partial charge in [-0.2, -0.15) is 4.98 Å². The zero-order chi connectivity index (χ0) is 13.1. The van der Waals surface area contributed by atoms with Crippen molar-refractivity contribution in [2.75, 3.05) is 13.2 Å². The molecule has 1 atom stereocenters. The summed E-state index contributed by atoms with van der Waals surface area (Å²) in [4.78, 5) is 5.16. The summed E-state index contributed by atoms with van der Waals surface area (Å²) in [6.07, 6.45) is 0. The second kappa shape index (κ2) is 6.25. The minimum absolute atomic E-state index is 0.366. The van der Waals surface area contributed by atoms with Crippen molar-refractivity contribution in [2.45, 2.75) is 13.0 Å². The quantitative estimate of drug-likeness (QED) is 0.838. The van der Waals surface area contributed by atoms with E-state index in [9.17, 15) is 0 Å². The van der Waals surface area contributed by atoms with Gasteiger partial charge in [0, 0.05) is 11.1 Å². The number of nitrogens with zero attached hydrogens (tertiary/aromatic N) is 2. The van der Waals surface area contributed by atoms with E-state index in [0.29, 0.717) is 24.9 Å². The summed E-state index contributed by atoms with van der Waals surface area (Å²) in [6, 6.07) is 1.55. The maximum Gasteiger partial charge on any atom is 0.268 e. The Morgan fingerprint density at radius 1 is 1.56 bits per heavy atom. The number of aromatic nitrogens is 2. The van der Waals surface area contributed by atoms with Gasteiger partial charge in [-0.1, -0.05) is 5.16 Å². The Bertz CT molecular complexity index is 509. The second-order valence-electron chi connectivity index (χ2n) is 3.46. The summed E-state index contributed by atoms with van der Waals surface area (Å²) in [5, 5.41) is 3.87. The summed E-state index contributed by atoms with van der Waals surface area (Å²) in [6.45, 7) is 2.91. The molecule has 0 fully saturated rings. The third-order valence-electron chi connectivity index (χ3n) is 2.13. The number of hydrogen-bond donors (Lipinski definition) is 1. The monoisotopic (exact) mass is 395 g/mol. The van der Waals surface area contributed by atoms with Crippen molar-refractivity contribution < 1.29 is 9.26 Å². The molecule has 0 radical (unpaired) electrons. The van der Waals surface area contributed by atoms with E-state index in [4.69, 9.17) is 15.0 Å². The molecule has 0 aliphatic heterocycles. The molecule has 18 heavy (non-hydrogen) atoms. The summed E-state index contributed by atoms with van der Waals surface area (Å²) >= 11 is 8.34. The Morgan fingerprint density at radius 2 is 2.33 bits per heavy atom. The zero-order valence-electron chi connectivity index (χ0n) is 9.52. The van der Waals surface area contributed by atoms with Crippen LogP contribution >= 0.6 is 43.2 Å². The molecule has 2 aromatic rings. The lowest BCUT2D eigenvalue weighted by Crippen LogP contribution is -2.18. The summed E-state index contributed by atoms with van der Waals surface area (Å²) < 4.78 is 12.4. The molecule has 0 aromatic carbocycles. The molecule has 0 amide bonds. The molecule has 0 bridgehead atoms. The number of halogens is 2. The lowest BCUT2D eigenvalue weighted by molar-refractivity contribution is 0.130. The highest BCUT2D eigenvalue weighted by molar-refractivity contribution is 9.13. The van der Waals surface area contributed by atoms with Crippen molar-refractivity contribution in [3.05, 3.63) is 20.1 Å².